The Kier molecular flexibility index (Phi) is 3.25. The van der Waals surface area contributed by atoms with Gasteiger partial charge in [-0.3, -0.25) is 0 Å². The van der Waals surface area contributed by atoms with Gasteiger partial charge in [-0.15, -0.1) is 0 Å². The number of nitrogens with zero attached hydrogens (tertiary/aromatic N) is 2. The average molecular weight is 444 g/mol. The fraction of sp³-hybridized carbons (Fsp3) is 0. The van der Waals surface area contributed by atoms with Crippen LogP contribution in [0.1, 0.15) is 11.3 Å². The summed E-state index contributed by atoms with van der Waals surface area (Å²) >= 11 is 6.38. The van der Waals surface area contributed by atoms with Crippen molar-refractivity contribution >= 4 is 49.0 Å². The Morgan fingerprint density at radius 3 is 2.57 bits per heavy atom. The summed E-state index contributed by atoms with van der Waals surface area (Å²) in [7, 11) is 0. The first-order chi connectivity index (χ1) is 10.9. The standard InChI is InChI=1S/C15H8BBr2F3N2/c17-13-6-4-11-15(9-2-1-3-10(19)8-9)12-5-7-14(18)23(12)16(20,21)22(11)13/h1-8H. The van der Waals surface area contributed by atoms with Crippen molar-refractivity contribution in [3.63, 3.8) is 0 Å². The van der Waals surface area contributed by atoms with E-state index in [-0.39, 0.29) is 9.22 Å². The lowest BCUT2D eigenvalue weighted by molar-refractivity contribution is -0.358. The van der Waals surface area contributed by atoms with Gasteiger partial charge in [-0.2, -0.15) is 0 Å². The van der Waals surface area contributed by atoms with Crippen LogP contribution in [0.3, 0.4) is 0 Å². The van der Waals surface area contributed by atoms with E-state index < -0.39 is 12.8 Å². The normalized spacial score (nSPS) is 18.5. The number of hydrogen-bond donors (Lipinski definition) is 0. The molecule has 0 saturated carbocycles. The number of fused-ring (bicyclic) bond motifs is 2. The van der Waals surface area contributed by atoms with Crippen molar-refractivity contribution < 1.29 is 17.5 Å². The van der Waals surface area contributed by atoms with Crippen LogP contribution in [0.2, 0.25) is 0 Å². The van der Waals surface area contributed by atoms with E-state index >= 15 is 0 Å². The molecule has 4 rings (SSSR count). The molecular formula is C15H8BBr2F3N2. The topological polar surface area (TPSA) is 7.94 Å². The summed E-state index contributed by atoms with van der Waals surface area (Å²) in [5.74, 6) is -0.410. The number of allylic oxidation sites excluding steroid dienone is 2. The largest absolute Gasteiger partial charge is 0.738 e. The van der Waals surface area contributed by atoms with Gasteiger partial charge in [-0.25, -0.2) is 4.39 Å². The zero-order valence-electron chi connectivity index (χ0n) is 11.5. The lowest BCUT2D eigenvalue weighted by Crippen LogP contribution is -2.50. The van der Waals surface area contributed by atoms with Crippen molar-refractivity contribution in [2.24, 2.45) is 0 Å². The molecule has 0 saturated heterocycles. The van der Waals surface area contributed by atoms with Gasteiger partial charge in [0, 0.05) is 33.8 Å². The SMILES string of the molecule is Fc1cccc(C2=C3C=CC(Br)=[N+]3[B-](F)(F)n3c(Br)ccc32)c1. The van der Waals surface area contributed by atoms with Crippen molar-refractivity contribution in [2.45, 2.75) is 0 Å². The third kappa shape index (κ3) is 2.04. The van der Waals surface area contributed by atoms with Crippen molar-refractivity contribution in [2.75, 3.05) is 0 Å². The molecule has 116 valence electrons. The summed E-state index contributed by atoms with van der Waals surface area (Å²) in [6.45, 7) is -4.05. The van der Waals surface area contributed by atoms with E-state index in [0.29, 0.717) is 22.5 Å². The maximum atomic E-state index is 15.0. The highest BCUT2D eigenvalue weighted by atomic mass is 79.9. The quantitative estimate of drug-likeness (QED) is 0.561. The molecule has 23 heavy (non-hydrogen) atoms. The van der Waals surface area contributed by atoms with Crippen LogP contribution in [0.15, 0.2) is 58.9 Å². The molecule has 2 nitrogen and oxygen atoms in total. The molecule has 2 aliphatic rings. The fourth-order valence-corrected chi connectivity index (χ4v) is 4.21. The van der Waals surface area contributed by atoms with Gasteiger partial charge in [0.25, 0.3) is 0 Å². The first-order valence-electron chi connectivity index (χ1n) is 6.81. The molecule has 0 unspecified atom stereocenters. The zero-order valence-corrected chi connectivity index (χ0v) is 14.7. The third-order valence-corrected chi connectivity index (χ3v) is 5.28. The third-order valence-electron chi connectivity index (χ3n) is 3.98. The number of rotatable bonds is 1. The van der Waals surface area contributed by atoms with Crippen LogP contribution in [-0.2, 0) is 0 Å². The zero-order chi connectivity index (χ0) is 16.4. The highest BCUT2D eigenvalue weighted by molar-refractivity contribution is 9.18. The minimum Gasteiger partial charge on any atom is -0.389 e. The first-order valence-corrected chi connectivity index (χ1v) is 8.39. The monoisotopic (exact) mass is 442 g/mol. The summed E-state index contributed by atoms with van der Waals surface area (Å²) in [5.41, 5.74) is 1.82. The van der Waals surface area contributed by atoms with Crippen LogP contribution in [0.5, 0.6) is 0 Å². The molecule has 3 heterocycles. The number of benzene rings is 1. The lowest BCUT2D eigenvalue weighted by Gasteiger charge is -2.32. The van der Waals surface area contributed by atoms with Crippen LogP contribution < -0.4 is 0 Å². The van der Waals surface area contributed by atoms with Crippen LogP contribution in [0.25, 0.3) is 5.57 Å². The van der Waals surface area contributed by atoms with Gasteiger partial charge in [0.2, 0.25) is 4.62 Å². The molecule has 0 spiro atoms. The Labute approximate surface area is 146 Å². The van der Waals surface area contributed by atoms with Gasteiger partial charge in [0.1, 0.15) is 5.82 Å². The van der Waals surface area contributed by atoms with E-state index in [9.17, 15) is 13.0 Å². The van der Waals surface area contributed by atoms with E-state index in [2.05, 4.69) is 31.9 Å². The van der Waals surface area contributed by atoms with Crippen molar-refractivity contribution in [1.29, 1.82) is 0 Å². The molecule has 0 amide bonds. The number of hydrogen-bond acceptors (Lipinski definition) is 0. The van der Waals surface area contributed by atoms with E-state index in [1.54, 1.807) is 36.4 Å². The van der Waals surface area contributed by atoms with Gasteiger partial charge in [0.05, 0.1) is 10.2 Å². The molecule has 1 aromatic carbocycles. The van der Waals surface area contributed by atoms with E-state index in [1.807, 2.05) is 0 Å². The second-order valence-electron chi connectivity index (χ2n) is 5.30. The second kappa shape index (κ2) is 4.98. The highest BCUT2D eigenvalue weighted by Gasteiger charge is 2.54. The Bertz CT molecular complexity index is 944. The van der Waals surface area contributed by atoms with Crippen LogP contribution in [-0.4, -0.2) is 20.6 Å². The molecule has 0 N–H and O–H groups in total. The number of aromatic nitrogens is 1. The van der Waals surface area contributed by atoms with Crippen LogP contribution >= 0.6 is 31.9 Å². The molecule has 0 aliphatic carbocycles. The van der Waals surface area contributed by atoms with Gasteiger partial charge in [-0.1, -0.05) is 12.1 Å². The molecule has 0 atom stereocenters. The smallest absolute Gasteiger partial charge is 0.389 e. The van der Waals surface area contributed by atoms with E-state index in [4.69, 9.17) is 0 Å². The average Bonchev–Trinajstić information content (AvgIpc) is 3.05. The second-order valence-corrected chi connectivity index (χ2v) is 6.92. The minimum atomic E-state index is -4.05. The Balaban J connectivity index is 2.12. The van der Waals surface area contributed by atoms with Gasteiger partial charge < -0.3 is 17.6 Å². The molecule has 2 aromatic rings. The molecule has 1 aromatic heterocycles. The van der Waals surface area contributed by atoms with Crippen molar-refractivity contribution in [3.05, 3.63) is 75.9 Å². The molecule has 2 aliphatic heterocycles. The van der Waals surface area contributed by atoms with E-state index in [0.717, 1.165) is 8.96 Å². The molecule has 0 fully saturated rings. The number of halogens is 5. The molecular weight excluding hydrogens is 436 g/mol. The Morgan fingerprint density at radius 2 is 1.83 bits per heavy atom. The van der Waals surface area contributed by atoms with Crippen molar-refractivity contribution in [3.8, 4) is 0 Å². The van der Waals surface area contributed by atoms with Gasteiger partial charge in [-0.05, 0) is 45.8 Å². The molecule has 8 heteroatoms. The summed E-state index contributed by atoms with van der Waals surface area (Å²) < 4.78 is 46.1. The predicted molar refractivity (Wildman–Crippen MR) is 91.3 cm³/mol. The van der Waals surface area contributed by atoms with Crippen molar-refractivity contribution in [1.82, 2.24) is 4.48 Å². The van der Waals surface area contributed by atoms with Crippen LogP contribution in [0.4, 0.5) is 13.0 Å². The Morgan fingerprint density at radius 1 is 1.04 bits per heavy atom. The molecule has 0 radical (unpaired) electrons. The fourth-order valence-electron chi connectivity index (χ4n) is 3.07. The summed E-state index contributed by atoms with van der Waals surface area (Å²) in [6.07, 6.45) is 3.19. The lowest BCUT2D eigenvalue weighted by atomic mass is 9.86. The maximum Gasteiger partial charge on any atom is 0.738 e. The van der Waals surface area contributed by atoms with Crippen LogP contribution in [0, 0.1) is 5.82 Å². The first kappa shape index (κ1) is 15.0. The van der Waals surface area contributed by atoms with Gasteiger partial charge in [0.15, 0.2) is 5.70 Å². The predicted octanol–water partition coefficient (Wildman–Crippen LogP) is 4.76. The van der Waals surface area contributed by atoms with Gasteiger partial charge >= 0.3 is 6.97 Å². The highest BCUT2D eigenvalue weighted by Crippen LogP contribution is 2.41. The summed E-state index contributed by atoms with van der Waals surface area (Å²) in [5, 5.41) is 0. The summed E-state index contributed by atoms with van der Waals surface area (Å²) in [4.78, 5) is 0. The summed E-state index contributed by atoms with van der Waals surface area (Å²) in [6, 6.07) is 9.15. The Hall–Kier alpha value is -1.54. The molecule has 0 bridgehead atoms. The maximum absolute atomic E-state index is 15.0. The van der Waals surface area contributed by atoms with E-state index in [1.165, 1.54) is 12.1 Å². The minimum absolute atomic E-state index is 0.276.